The molecule has 46 heavy (non-hydrogen) atoms. The number of ether oxygens (including phenoxy) is 3. The molecule has 6 rings (SSSR count). The maximum Gasteiger partial charge on any atom is 0.303 e. The van der Waals surface area contributed by atoms with Crippen LogP contribution in [0.1, 0.15) is 86.0 Å². The number of rotatable bonds is 8. The topological polar surface area (TPSA) is 74.2 Å². The molecule has 248 valence electrons. The van der Waals surface area contributed by atoms with Gasteiger partial charge in [-0.05, 0) is 83.8 Å². The van der Waals surface area contributed by atoms with Crippen molar-refractivity contribution in [2.75, 3.05) is 13.9 Å². The highest BCUT2D eigenvalue weighted by Crippen LogP contribution is 2.59. The summed E-state index contributed by atoms with van der Waals surface area (Å²) in [5, 5.41) is 14.8. The zero-order chi connectivity index (χ0) is 32.7. The van der Waals surface area contributed by atoms with Gasteiger partial charge in [0.05, 0.1) is 17.8 Å². The zero-order valence-electron chi connectivity index (χ0n) is 28.5. The van der Waals surface area contributed by atoms with E-state index >= 15 is 0 Å². The maximum absolute atomic E-state index is 12.6. The quantitative estimate of drug-likeness (QED) is 0.198. The van der Waals surface area contributed by atoms with E-state index in [9.17, 15) is 9.90 Å². The monoisotopic (exact) mass is 644 g/mol. The van der Waals surface area contributed by atoms with E-state index in [1.165, 1.54) is 22.9 Å². The minimum Gasteiger partial charge on any atom is -0.458 e. The van der Waals surface area contributed by atoms with Gasteiger partial charge in [0, 0.05) is 19.4 Å². The van der Waals surface area contributed by atoms with Crippen LogP contribution in [0.2, 0.25) is 5.04 Å². The number of esters is 1. The van der Waals surface area contributed by atoms with E-state index < -0.39 is 20.0 Å². The van der Waals surface area contributed by atoms with Crippen LogP contribution in [0.5, 0.6) is 0 Å². The summed E-state index contributed by atoms with van der Waals surface area (Å²) in [6.07, 6.45) is 8.08. The van der Waals surface area contributed by atoms with Gasteiger partial charge in [0.2, 0.25) is 0 Å². The molecule has 4 aliphatic rings. The van der Waals surface area contributed by atoms with Crippen LogP contribution < -0.4 is 10.4 Å². The first-order chi connectivity index (χ1) is 21.9. The lowest BCUT2D eigenvalue weighted by Gasteiger charge is -2.48. The molecule has 0 unspecified atom stereocenters. The standard InChI is InChI=1S/C39H52O6Si/c1-27(40)44-35-25-38(5)32(19-20-36(38)43-26-42-6)30-21-23-39(41)22-13-18-34(33(39)24-31(30)35)45-46(37(2,3)4,28-14-9-7-10-15-28)29-16-11-8-12-17-29/h7-12,14-17,24,32,34-36,41H,13,18-23,25-26H2,1-6H3/t32-,34-,35-,36-,38-,39-/m0/s1. The molecule has 1 N–H and O–H groups in total. The van der Waals surface area contributed by atoms with Gasteiger partial charge >= 0.3 is 5.97 Å². The average Bonchev–Trinajstić information content (AvgIpc) is 3.25. The van der Waals surface area contributed by atoms with E-state index in [-0.39, 0.29) is 35.4 Å². The van der Waals surface area contributed by atoms with Gasteiger partial charge in [-0.2, -0.15) is 0 Å². The van der Waals surface area contributed by atoms with Crippen LogP contribution in [-0.4, -0.2) is 57.2 Å². The highest BCUT2D eigenvalue weighted by atomic mass is 28.4. The van der Waals surface area contributed by atoms with E-state index in [1.54, 1.807) is 7.11 Å². The number of hydrogen-bond acceptors (Lipinski definition) is 6. The van der Waals surface area contributed by atoms with Gasteiger partial charge in [-0.15, -0.1) is 0 Å². The van der Waals surface area contributed by atoms with Crippen molar-refractivity contribution in [2.45, 2.75) is 115 Å². The normalized spacial score (nSPS) is 31.3. The van der Waals surface area contributed by atoms with Crippen molar-refractivity contribution in [3.8, 4) is 0 Å². The van der Waals surface area contributed by atoms with Gasteiger partial charge in [-0.25, -0.2) is 0 Å². The molecule has 2 fully saturated rings. The van der Waals surface area contributed by atoms with Gasteiger partial charge in [-0.3, -0.25) is 4.79 Å². The molecule has 0 aliphatic heterocycles. The van der Waals surface area contributed by atoms with Crippen molar-refractivity contribution in [2.24, 2.45) is 11.3 Å². The second-order valence-corrected chi connectivity index (χ2v) is 19.5. The molecule has 0 spiro atoms. The van der Waals surface area contributed by atoms with E-state index in [4.69, 9.17) is 18.6 Å². The summed E-state index contributed by atoms with van der Waals surface area (Å²) >= 11 is 0. The summed E-state index contributed by atoms with van der Waals surface area (Å²) in [5.74, 6) is 0.0146. The number of hydrogen-bond donors (Lipinski definition) is 1. The lowest BCUT2D eigenvalue weighted by Crippen LogP contribution is -2.68. The molecular formula is C39H52O6Si. The van der Waals surface area contributed by atoms with Crippen LogP contribution in [0.15, 0.2) is 83.5 Å². The summed E-state index contributed by atoms with van der Waals surface area (Å²) in [6, 6.07) is 21.5. The zero-order valence-corrected chi connectivity index (χ0v) is 29.5. The predicted molar refractivity (Wildman–Crippen MR) is 183 cm³/mol. The SMILES string of the molecule is COCO[C@H]1CC[C@H]2C3=C(C=C4[C@@H](O[Si](c5ccccc5)(c5ccccc5)C(C)(C)C)CCC[C@]4(O)CC3)[C@@H](OC(C)=O)C[C@]12C. The average molecular weight is 645 g/mol. The Morgan fingerprint density at radius 2 is 1.61 bits per heavy atom. The highest BCUT2D eigenvalue weighted by Gasteiger charge is 2.57. The van der Waals surface area contributed by atoms with Crippen molar-refractivity contribution in [3.05, 3.63) is 83.5 Å². The van der Waals surface area contributed by atoms with Crippen molar-refractivity contribution in [1.82, 2.24) is 0 Å². The number of aliphatic hydroxyl groups is 1. The van der Waals surface area contributed by atoms with Crippen LogP contribution in [-0.2, 0) is 23.4 Å². The van der Waals surface area contributed by atoms with Crippen LogP contribution in [0.3, 0.4) is 0 Å². The Hall–Kier alpha value is -2.55. The lowest BCUT2D eigenvalue weighted by atomic mass is 9.64. The predicted octanol–water partition coefficient (Wildman–Crippen LogP) is 6.60. The second-order valence-electron chi connectivity index (χ2n) is 15.3. The number of fused-ring (bicyclic) bond motifs is 3. The van der Waals surface area contributed by atoms with Crippen LogP contribution in [0.4, 0.5) is 0 Å². The summed E-state index contributed by atoms with van der Waals surface area (Å²) in [6.45, 7) is 11.0. The van der Waals surface area contributed by atoms with Gasteiger partial charge in [-0.1, -0.05) is 100 Å². The Kier molecular flexibility index (Phi) is 9.29. The third kappa shape index (κ3) is 5.77. The summed E-state index contributed by atoms with van der Waals surface area (Å²) in [7, 11) is -1.23. The third-order valence-electron chi connectivity index (χ3n) is 11.5. The van der Waals surface area contributed by atoms with E-state index in [0.29, 0.717) is 25.2 Å². The Bertz CT molecular complexity index is 1420. The molecule has 0 aromatic heterocycles. The molecule has 0 heterocycles. The Labute approximate surface area is 276 Å². The molecule has 2 aromatic carbocycles. The molecule has 6 atom stereocenters. The Morgan fingerprint density at radius 3 is 2.20 bits per heavy atom. The van der Waals surface area contributed by atoms with E-state index in [1.807, 2.05) is 0 Å². The summed E-state index contributed by atoms with van der Waals surface area (Å²) in [5.41, 5.74) is 2.20. The Balaban J connectivity index is 1.48. The first kappa shape index (κ1) is 33.4. The molecule has 0 bridgehead atoms. The number of benzene rings is 2. The van der Waals surface area contributed by atoms with Crippen molar-refractivity contribution < 1.29 is 28.5 Å². The first-order valence-electron chi connectivity index (χ1n) is 17.2. The van der Waals surface area contributed by atoms with Gasteiger partial charge in [0.15, 0.2) is 0 Å². The lowest BCUT2D eigenvalue weighted by molar-refractivity contribution is -0.151. The second kappa shape index (κ2) is 12.8. The Morgan fingerprint density at radius 1 is 0.957 bits per heavy atom. The molecule has 0 saturated heterocycles. The van der Waals surface area contributed by atoms with Crippen LogP contribution >= 0.6 is 0 Å². The smallest absolute Gasteiger partial charge is 0.303 e. The minimum atomic E-state index is -2.89. The molecule has 2 saturated carbocycles. The molecule has 4 aliphatic carbocycles. The molecule has 2 aromatic rings. The van der Waals surface area contributed by atoms with Crippen molar-refractivity contribution >= 4 is 24.7 Å². The van der Waals surface area contributed by atoms with Gasteiger partial charge in [0.1, 0.15) is 12.9 Å². The minimum absolute atomic E-state index is 0.0251. The summed E-state index contributed by atoms with van der Waals surface area (Å²) in [4.78, 5) is 12.6. The fraction of sp³-hybridized carbons (Fsp3) is 0.564. The summed E-state index contributed by atoms with van der Waals surface area (Å²) < 4.78 is 25.4. The first-order valence-corrected chi connectivity index (χ1v) is 19.1. The van der Waals surface area contributed by atoms with Crippen molar-refractivity contribution in [1.29, 1.82) is 0 Å². The number of methoxy groups -OCH3 is 1. The number of carbonyl (C=O) groups is 1. The number of carbonyl (C=O) groups excluding carboxylic acids is 1. The highest BCUT2D eigenvalue weighted by molar-refractivity contribution is 6.99. The van der Waals surface area contributed by atoms with E-state index in [0.717, 1.165) is 43.3 Å². The maximum atomic E-state index is 12.6. The van der Waals surface area contributed by atoms with Crippen LogP contribution in [0, 0.1) is 11.3 Å². The molecule has 7 heteroatoms. The van der Waals surface area contributed by atoms with Crippen molar-refractivity contribution in [3.63, 3.8) is 0 Å². The largest absolute Gasteiger partial charge is 0.458 e. The fourth-order valence-corrected chi connectivity index (χ4v) is 14.1. The molecule has 6 nitrogen and oxygen atoms in total. The fourth-order valence-electron chi connectivity index (χ4n) is 9.41. The molecule has 0 radical (unpaired) electrons. The molecule has 0 amide bonds. The van der Waals surface area contributed by atoms with Gasteiger partial charge in [0.25, 0.3) is 8.32 Å². The molecular weight excluding hydrogens is 593 g/mol. The third-order valence-corrected chi connectivity index (χ3v) is 16.5. The van der Waals surface area contributed by atoms with E-state index in [2.05, 4.69) is 94.4 Å². The van der Waals surface area contributed by atoms with Crippen LogP contribution in [0.25, 0.3) is 0 Å². The number of allylic oxidation sites excluding steroid dienone is 1. The van der Waals surface area contributed by atoms with Gasteiger partial charge < -0.3 is 23.7 Å².